The van der Waals surface area contributed by atoms with E-state index in [4.69, 9.17) is 17.3 Å². The molecule has 1 aromatic carbocycles. The SMILES string of the molecule is CC(C)C(NC(=O)c1ccc(Cl)cc1)C(=O)NCC(N)C1CC1. The molecule has 0 aromatic heterocycles. The van der Waals surface area contributed by atoms with Crippen molar-refractivity contribution in [3.05, 3.63) is 34.9 Å². The minimum atomic E-state index is -0.593. The van der Waals surface area contributed by atoms with Crippen LogP contribution in [0.3, 0.4) is 0 Å². The molecular weight excluding hydrogens is 314 g/mol. The van der Waals surface area contributed by atoms with Gasteiger partial charge in [0.05, 0.1) is 0 Å². The standard InChI is InChI=1S/C17H24ClN3O2/c1-10(2)15(17(23)20-9-14(19)11-3-4-11)21-16(22)12-5-7-13(18)8-6-12/h5-8,10-11,14-15H,3-4,9,19H2,1-2H3,(H,20,23)(H,21,22). The average Bonchev–Trinajstić information content (AvgIpc) is 3.34. The summed E-state index contributed by atoms with van der Waals surface area (Å²) in [5, 5.41) is 6.20. The lowest BCUT2D eigenvalue weighted by Crippen LogP contribution is -2.52. The Bertz CT molecular complexity index is 555. The van der Waals surface area contributed by atoms with Gasteiger partial charge in [-0.25, -0.2) is 0 Å². The fourth-order valence-electron chi connectivity index (χ4n) is 2.38. The molecule has 0 radical (unpaired) electrons. The fourth-order valence-corrected chi connectivity index (χ4v) is 2.51. The van der Waals surface area contributed by atoms with Gasteiger partial charge in [-0.1, -0.05) is 25.4 Å². The summed E-state index contributed by atoms with van der Waals surface area (Å²) in [5.41, 5.74) is 6.47. The first-order chi connectivity index (χ1) is 10.9. The number of carbonyl (C=O) groups excluding carboxylic acids is 2. The van der Waals surface area contributed by atoms with Gasteiger partial charge >= 0.3 is 0 Å². The first-order valence-electron chi connectivity index (χ1n) is 7.98. The summed E-state index contributed by atoms with van der Waals surface area (Å²) in [5.74, 6) is 0.0141. The predicted molar refractivity (Wildman–Crippen MR) is 91.3 cm³/mol. The van der Waals surface area contributed by atoms with E-state index >= 15 is 0 Å². The lowest BCUT2D eigenvalue weighted by molar-refractivity contribution is -0.124. The largest absolute Gasteiger partial charge is 0.353 e. The molecule has 0 heterocycles. The molecule has 0 spiro atoms. The van der Waals surface area contributed by atoms with Crippen LogP contribution in [0.4, 0.5) is 0 Å². The molecule has 0 bridgehead atoms. The van der Waals surface area contributed by atoms with Crippen LogP contribution < -0.4 is 16.4 Å². The minimum Gasteiger partial charge on any atom is -0.353 e. The highest BCUT2D eigenvalue weighted by Crippen LogP contribution is 2.31. The molecule has 2 atom stereocenters. The van der Waals surface area contributed by atoms with Crippen molar-refractivity contribution >= 4 is 23.4 Å². The minimum absolute atomic E-state index is 0.00118. The van der Waals surface area contributed by atoms with E-state index < -0.39 is 6.04 Å². The Morgan fingerprint density at radius 2 is 1.87 bits per heavy atom. The summed E-state index contributed by atoms with van der Waals surface area (Å²) < 4.78 is 0. The molecule has 5 nitrogen and oxygen atoms in total. The molecule has 1 aliphatic carbocycles. The number of carbonyl (C=O) groups is 2. The molecule has 0 aliphatic heterocycles. The number of rotatable bonds is 7. The van der Waals surface area contributed by atoms with E-state index in [-0.39, 0.29) is 23.8 Å². The Balaban J connectivity index is 1.92. The Hall–Kier alpha value is -1.59. The maximum Gasteiger partial charge on any atom is 0.251 e. The summed E-state index contributed by atoms with van der Waals surface area (Å²) >= 11 is 5.82. The van der Waals surface area contributed by atoms with Gasteiger partial charge in [0.25, 0.3) is 5.91 Å². The van der Waals surface area contributed by atoms with E-state index in [1.165, 1.54) is 0 Å². The van der Waals surface area contributed by atoms with Crippen LogP contribution in [0, 0.1) is 11.8 Å². The molecule has 6 heteroatoms. The van der Waals surface area contributed by atoms with Gasteiger partial charge in [0.15, 0.2) is 0 Å². The number of hydrogen-bond acceptors (Lipinski definition) is 3. The van der Waals surface area contributed by atoms with Crippen molar-refractivity contribution < 1.29 is 9.59 Å². The number of nitrogens with two attached hydrogens (primary N) is 1. The lowest BCUT2D eigenvalue weighted by atomic mass is 10.0. The van der Waals surface area contributed by atoms with E-state index in [0.29, 0.717) is 23.0 Å². The third kappa shape index (κ3) is 5.22. The Labute approximate surface area is 142 Å². The molecule has 23 heavy (non-hydrogen) atoms. The van der Waals surface area contributed by atoms with Gasteiger partial charge in [-0.3, -0.25) is 9.59 Å². The van der Waals surface area contributed by atoms with Gasteiger partial charge in [-0.2, -0.15) is 0 Å². The summed E-state index contributed by atoms with van der Waals surface area (Å²) in [4.78, 5) is 24.6. The molecule has 1 aromatic rings. The summed E-state index contributed by atoms with van der Waals surface area (Å²) in [6.45, 7) is 4.24. The Morgan fingerprint density at radius 3 is 2.39 bits per heavy atom. The topological polar surface area (TPSA) is 84.2 Å². The smallest absolute Gasteiger partial charge is 0.251 e. The van der Waals surface area contributed by atoms with Crippen LogP contribution in [0.15, 0.2) is 24.3 Å². The molecule has 4 N–H and O–H groups in total. The zero-order valence-corrected chi connectivity index (χ0v) is 14.3. The molecule has 126 valence electrons. The second-order valence-electron chi connectivity index (χ2n) is 6.45. The molecule has 2 amide bonds. The van der Waals surface area contributed by atoms with Crippen molar-refractivity contribution in [2.45, 2.75) is 38.8 Å². The van der Waals surface area contributed by atoms with Gasteiger partial charge in [-0.05, 0) is 48.9 Å². The second-order valence-corrected chi connectivity index (χ2v) is 6.88. The molecule has 1 fully saturated rings. The molecule has 2 unspecified atom stereocenters. The third-order valence-electron chi connectivity index (χ3n) is 4.08. The zero-order valence-electron chi connectivity index (χ0n) is 13.5. The number of amides is 2. The van der Waals surface area contributed by atoms with E-state index in [1.807, 2.05) is 13.8 Å². The Morgan fingerprint density at radius 1 is 1.26 bits per heavy atom. The maximum absolute atomic E-state index is 12.4. The molecule has 0 saturated heterocycles. The van der Waals surface area contributed by atoms with Crippen LogP contribution in [-0.4, -0.2) is 30.4 Å². The quantitative estimate of drug-likeness (QED) is 0.711. The van der Waals surface area contributed by atoms with Crippen molar-refractivity contribution in [1.82, 2.24) is 10.6 Å². The first-order valence-corrected chi connectivity index (χ1v) is 8.36. The molecule has 1 aliphatic rings. The van der Waals surface area contributed by atoms with Crippen molar-refractivity contribution in [2.75, 3.05) is 6.54 Å². The van der Waals surface area contributed by atoms with Gasteiger partial charge in [0, 0.05) is 23.2 Å². The van der Waals surface area contributed by atoms with Gasteiger partial charge < -0.3 is 16.4 Å². The molecular formula is C17H24ClN3O2. The van der Waals surface area contributed by atoms with Crippen LogP contribution in [0.5, 0.6) is 0 Å². The van der Waals surface area contributed by atoms with Crippen molar-refractivity contribution in [2.24, 2.45) is 17.6 Å². The highest BCUT2D eigenvalue weighted by molar-refractivity contribution is 6.30. The second kappa shape index (κ2) is 7.79. The number of benzene rings is 1. The zero-order chi connectivity index (χ0) is 17.0. The molecule has 1 saturated carbocycles. The summed E-state index contributed by atoms with van der Waals surface area (Å²) in [6, 6.07) is 5.97. The van der Waals surface area contributed by atoms with Gasteiger partial charge in [-0.15, -0.1) is 0 Å². The van der Waals surface area contributed by atoms with Gasteiger partial charge in [0.1, 0.15) is 6.04 Å². The number of hydrogen-bond donors (Lipinski definition) is 3. The number of halogens is 1. The third-order valence-corrected chi connectivity index (χ3v) is 4.33. The van der Waals surface area contributed by atoms with E-state index in [0.717, 1.165) is 12.8 Å². The van der Waals surface area contributed by atoms with Crippen LogP contribution in [0.2, 0.25) is 5.02 Å². The van der Waals surface area contributed by atoms with Gasteiger partial charge in [0.2, 0.25) is 5.91 Å². The van der Waals surface area contributed by atoms with Crippen molar-refractivity contribution in [3.8, 4) is 0 Å². The summed E-state index contributed by atoms with van der Waals surface area (Å²) in [7, 11) is 0. The van der Waals surface area contributed by atoms with Crippen molar-refractivity contribution in [1.29, 1.82) is 0 Å². The van der Waals surface area contributed by atoms with E-state index in [2.05, 4.69) is 10.6 Å². The first kappa shape index (κ1) is 17.8. The average molecular weight is 338 g/mol. The number of nitrogens with one attached hydrogen (secondary N) is 2. The van der Waals surface area contributed by atoms with E-state index in [1.54, 1.807) is 24.3 Å². The van der Waals surface area contributed by atoms with Crippen LogP contribution in [-0.2, 0) is 4.79 Å². The van der Waals surface area contributed by atoms with E-state index in [9.17, 15) is 9.59 Å². The predicted octanol–water partition coefficient (Wildman–Crippen LogP) is 1.95. The van der Waals surface area contributed by atoms with Crippen LogP contribution in [0.25, 0.3) is 0 Å². The van der Waals surface area contributed by atoms with Crippen LogP contribution in [0.1, 0.15) is 37.0 Å². The van der Waals surface area contributed by atoms with Crippen LogP contribution >= 0.6 is 11.6 Å². The molecule has 2 rings (SSSR count). The highest BCUT2D eigenvalue weighted by Gasteiger charge is 2.30. The highest BCUT2D eigenvalue weighted by atomic mass is 35.5. The normalized spacial score (nSPS) is 16.7. The van der Waals surface area contributed by atoms with Crippen molar-refractivity contribution in [3.63, 3.8) is 0 Å². The lowest BCUT2D eigenvalue weighted by Gasteiger charge is -2.23. The maximum atomic E-state index is 12.4. The monoisotopic (exact) mass is 337 g/mol. The fraction of sp³-hybridized carbons (Fsp3) is 0.529. The Kier molecular flexibility index (Phi) is 6.02. The summed E-state index contributed by atoms with van der Waals surface area (Å²) in [6.07, 6.45) is 2.27.